The fourth-order valence-corrected chi connectivity index (χ4v) is 3.34. The van der Waals surface area contributed by atoms with E-state index in [2.05, 4.69) is 0 Å². The number of hydrogen-bond donors (Lipinski definition) is 0. The molecule has 0 atom stereocenters. The van der Waals surface area contributed by atoms with E-state index in [0.29, 0.717) is 31.9 Å². The van der Waals surface area contributed by atoms with Crippen LogP contribution in [-0.4, -0.2) is 37.0 Å². The van der Waals surface area contributed by atoms with Crippen molar-refractivity contribution in [3.8, 4) is 6.07 Å². The first-order valence-corrected chi connectivity index (χ1v) is 8.51. The highest BCUT2D eigenvalue weighted by molar-refractivity contribution is 7.10. The number of halogens is 1. The van der Waals surface area contributed by atoms with Crippen molar-refractivity contribution in [2.45, 2.75) is 0 Å². The van der Waals surface area contributed by atoms with Crippen molar-refractivity contribution >= 4 is 29.0 Å². The molecule has 122 valence electrons. The minimum atomic E-state index is -0.265. The van der Waals surface area contributed by atoms with Crippen molar-refractivity contribution in [2.24, 2.45) is 0 Å². The fraction of sp³-hybridized carbons (Fsp3) is 0.222. The number of amides is 1. The Morgan fingerprint density at radius 1 is 1.17 bits per heavy atom. The Kier molecular flexibility index (Phi) is 4.92. The maximum atomic E-state index is 13.9. The van der Waals surface area contributed by atoms with Gasteiger partial charge in [0.25, 0.3) is 5.91 Å². The molecule has 1 aliphatic rings. The number of benzene rings is 1. The molecule has 1 saturated heterocycles. The summed E-state index contributed by atoms with van der Waals surface area (Å²) in [5.41, 5.74) is 0.691. The van der Waals surface area contributed by atoms with Gasteiger partial charge in [0.2, 0.25) is 0 Å². The van der Waals surface area contributed by atoms with Crippen LogP contribution in [0.4, 0.5) is 10.1 Å². The van der Waals surface area contributed by atoms with E-state index < -0.39 is 0 Å². The van der Waals surface area contributed by atoms with E-state index in [9.17, 15) is 14.4 Å². The zero-order valence-electron chi connectivity index (χ0n) is 13.0. The lowest BCUT2D eigenvalue weighted by Crippen LogP contribution is -2.49. The Morgan fingerprint density at radius 3 is 2.54 bits per heavy atom. The molecule has 0 spiro atoms. The van der Waals surface area contributed by atoms with Crippen LogP contribution in [0.2, 0.25) is 0 Å². The molecule has 0 saturated carbocycles. The predicted molar refractivity (Wildman–Crippen MR) is 93.1 cm³/mol. The van der Waals surface area contributed by atoms with Gasteiger partial charge in [-0.25, -0.2) is 4.39 Å². The third-order valence-corrected chi connectivity index (χ3v) is 4.76. The van der Waals surface area contributed by atoms with E-state index >= 15 is 0 Å². The molecule has 1 amide bonds. The van der Waals surface area contributed by atoms with Crippen molar-refractivity contribution in [3.05, 3.63) is 58.0 Å². The lowest BCUT2D eigenvalue weighted by molar-refractivity contribution is -0.126. The maximum absolute atomic E-state index is 13.9. The Balaban J connectivity index is 1.67. The SMILES string of the molecule is N#C/C(=C\c1cccs1)C(=O)N1CCN(c2ccccc2F)CC1. The van der Waals surface area contributed by atoms with Crippen LogP contribution in [0.1, 0.15) is 4.88 Å². The number of thiophene rings is 1. The Bertz CT molecular complexity index is 787. The Hall–Kier alpha value is -2.65. The van der Waals surface area contributed by atoms with Gasteiger partial charge < -0.3 is 9.80 Å². The fourth-order valence-electron chi connectivity index (χ4n) is 2.69. The summed E-state index contributed by atoms with van der Waals surface area (Å²) in [6.45, 7) is 2.03. The van der Waals surface area contributed by atoms with Crippen molar-refractivity contribution < 1.29 is 9.18 Å². The molecule has 1 aromatic carbocycles. The molecule has 1 fully saturated rings. The van der Waals surface area contributed by atoms with Crippen molar-refractivity contribution in [3.63, 3.8) is 0 Å². The number of para-hydroxylation sites is 1. The van der Waals surface area contributed by atoms with Gasteiger partial charge in [-0.2, -0.15) is 5.26 Å². The highest BCUT2D eigenvalue weighted by atomic mass is 32.1. The second-order valence-corrected chi connectivity index (χ2v) is 6.40. The molecular weight excluding hydrogens is 325 g/mol. The predicted octanol–water partition coefficient (Wildman–Crippen LogP) is 3.14. The number of nitriles is 1. The van der Waals surface area contributed by atoms with E-state index in [0.717, 1.165) is 4.88 Å². The first-order valence-electron chi connectivity index (χ1n) is 7.63. The number of hydrogen-bond acceptors (Lipinski definition) is 4. The van der Waals surface area contributed by atoms with E-state index in [1.807, 2.05) is 28.5 Å². The summed E-state index contributed by atoms with van der Waals surface area (Å²) in [6.07, 6.45) is 1.62. The monoisotopic (exact) mass is 341 g/mol. The second kappa shape index (κ2) is 7.28. The molecule has 0 bridgehead atoms. The summed E-state index contributed by atoms with van der Waals surface area (Å²) in [7, 11) is 0. The summed E-state index contributed by atoms with van der Waals surface area (Å²) >= 11 is 1.48. The van der Waals surface area contributed by atoms with E-state index in [1.54, 1.807) is 29.2 Å². The number of piperazine rings is 1. The first-order chi connectivity index (χ1) is 11.7. The van der Waals surface area contributed by atoms with Crippen molar-refractivity contribution in [1.29, 1.82) is 5.26 Å². The summed E-state index contributed by atoms with van der Waals surface area (Å²) in [5, 5.41) is 11.2. The Morgan fingerprint density at radius 2 is 1.92 bits per heavy atom. The van der Waals surface area contributed by atoms with Crippen molar-refractivity contribution in [1.82, 2.24) is 4.90 Å². The molecule has 2 heterocycles. The normalized spacial score (nSPS) is 15.2. The molecule has 6 heteroatoms. The van der Waals surface area contributed by atoms with Crippen LogP contribution < -0.4 is 4.90 Å². The van der Waals surface area contributed by atoms with Gasteiger partial charge in [-0.05, 0) is 29.7 Å². The average Bonchev–Trinajstić information content (AvgIpc) is 3.13. The van der Waals surface area contributed by atoms with E-state index in [4.69, 9.17) is 0 Å². The number of rotatable bonds is 3. The van der Waals surface area contributed by atoms with Crippen LogP contribution in [0.3, 0.4) is 0 Å². The number of carbonyl (C=O) groups excluding carboxylic acids is 1. The zero-order chi connectivity index (χ0) is 16.9. The number of nitrogens with zero attached hydrogens (tertiary/aromatic N) is 3. The molecule has 1 aliphatic heterocycles. The third-order valence-electron chi connectivity index (χ3n) is 3.94. The maximum Gasteiger partial charge on any atom is 0.264 e. The standard InChI is InChI=1S/C18H16FN3OS/c19-16-5-1-2-6-17(16)21-7-9-22(10-8-21)18(23)14(13-20)12-15-4-3-11-24-15/h1-6,11-12H,7-10H2/b14-12+. The zero-order valence-corrected chi connectivity index (χ0v) is 13.8. The highest BCUT2D eigenvalue weighted by Crippen LogP contribution is 2.21. The Labute approximate surface area is 144 Å². The molecule has 0 N–H and O–H groups in total. The largest absolute Gasteiger partial charge is 0.366 e. The minimum Gasteiger partial charge on any atom is -0.366 e. The molecule has 0 aliphatic carbocycles. The molecule has 3 rings (SSSR count). The van der Waals surface area contributed by atoms with Crippen LogP contribution in [0.5, 0.6) is 0 Å². The summed E-state index contributed by atoms with van der Waals surface area (Å²) in [6, 6.07) is 12.4. The number of carbonyl (C=O) groups is 1. The van der Waals surface area contributed by atoms with Gasteiger partial charge in [-0.3, -0.25) is 4.79 Å². The van der Waals surface area contributed by atoms with Gasteiger partial charge in [0.05, 0.1) is 5.69 Å². The lowest BCUT2D eigenvalue weighted by atomic mass is 10.2. The molecule has 0 radical (unpaired) electrons. The second-order valence-electron chi connectivity index (χ2n) is 5.42. The molecular formula is C18H16FN3OS. The van der Waals surface area contributed by atoms with Crippen LogP contribution in [-0.2, 0) is 4.79 Å². The summed E-state index contributed by atoms with van der Waals surface area (Å²) in [5.74, 6) is -0.522. The third kappa shape index (κ3) is 3.47. The summed E-state index contributed by atoms with van der Waals surface area (Å²) < 4.78 is 13.9. The van der Waals surface area contributed by atoms with Crippen LogP contribution in [0.25, 0.3) is 6.08 Å². The smallest absolute Gasteiger partial charge is 0.264 e. The molecule has 0 unspecified atom stereocenters. The molecule has 1 aromatic heterocycles. The van der Waals surface area contributed by atoms with Crippen LogP contribution in [0, 0.1) is 17.1 Å². The van der Waals surface area contributed by atoms with Gasteiger partial charge in [-0.1, -0.05) is 18.2 Å². The lowest BCUT2D eigenvalue weighted by Gasteiger charge is -2.36. The van der Waals surface area contributed by atoms with Crippen LogP contribution in [0.15, 0.2) is 47.4 Å². The minimum absolute atomic E-state index is 0.136. The van der Waals surface area contributed by atoms with E-state index in [1.165, 1.54) is 17.4 Å². The highest BCUT2D eigenvalue weighted by Gasteiger charge is 2.24. The van der Waals surface area contributed by atoms with Crippen molar-refractivity contribution in [2.75, 3.05) is 31.1 Å². The van der Waals surface area contributed by atoms with Crippen LogP contribution >= 0.6 is 11.3 Å². The molecule has 4 nitrogen and oxygen atoms in total. The quantitative estimate of drug-likeness (QED) is 0.636. The topological polar surface area (TPSA) is 47.3 Å². The summed E-state index contributed by atoms with van der Waals surface area (Å²) in [4.78, 5) is 17.0. The number of anilines is 1. The molecule has 24 heavy (non-hydrogen) atoms. The van der Waals surface area contributed by atoms with Gasteiger partial charge in [-0.15, -0.1) is 11.3 Å². The average molecular weight is 341 g/mol. The van der Waals surface area contributed by atoms with Gasteiger partial charge in [0, 0.05) is 31.1 Å². The van der Waals surface area contributed by atoms with Gasteiger partial charge >= 0.3 is 0 Å². The van der Waals surface area contributed by atoms with Gasteiger partial charge in [0.1, 0.15) is 17.5 Å². The van der Waals surface area contributed by atoms with Gasteiger partial charge in [0.15, 0.2) is 0 Å². The molecule has 2 aromatic rings. The first kappa shape index (κ1) is 16.2. The van der Waals surface area contributed by atoms with E-state index in [-0.39, 0.29) is 17.3 Å².